The van der Waals surface area contributed by atoms with E-state index >= 15 is 0 Å². The Kier molecular flexibility index (Phi) is 48.9. The van der Waals surface area contributed by atoms with E-state index in [0.29, 0.717) is 0 Å². The van der Waals surface area contributed by atoms with E-state index in [0.717, 1.165) is 0 Å². The Bertz CT molecular complexity index is 4270. The molecule has 0 saturated carbocycles. The van der Waals surface area contributed by atoms with Crippen molar-refractivity contribution in [2.45, 2.75) is 196 Å². The summed E-state index contributed by atoms with van der Waals surface area (Å²) in [6, 6.07) is 2.62. The van der Waals surface area contributed by atoms with Crippen LogP contribution in [0.1, 0.15) is 114 Å². The van der Waals surface area contributed by atoms with Crippen LogP contribution >= 0.6 is 7.82 Å². The number of carbonyl (C=O) groups is 12. The molecular weight excluding hydrogens is 1880 g/mol. The van der Waals surface area contributed by atoms with E-state index in [1.807, 2.05) is 0 Å². The molecule has 5 heterocycles. The van der Waals surface area contributed by atoms with Crippen LogP contribution in [0, 0.1) is 16.7 Å². The molecule has 25 N–H and O–H groups in total. The molecule has 5 aliphatic rings. The third-order valence-corrected chi connectivity index (χ3v) is 23.8. The van der Waals surface area contributed by atoms with Crippen LogP contribution in [0.4, 0.5) is 5.69 Å². The van der Waals surface area contributed by atoms with Gasteiger partial charge in [-0.3, -0.25) is 62.1 Å². The quantitative estimate of drug-likeness (QED) is 0.0216. The van der Waals surface area contributed by atoms with Crippen molar-refractivity contribution in [1.29, 1.82) is 0 Å². The summed E-state index contributed by atoms with van der Waals surface area (Å²) < 4.78 is 83.7. The fraction of sp³-hybridized carbons (Fsp3) is 0.718. The second kappa shape index (κ2) is 58.1. The van der Waals surface area contributed by atoms with Crippen LogP contribution in [0.3, 0.4) is 0 Å². The number of nitrogens with one attached hydrogen (secondary N) is 11. The predicted octanol–water partition coefficient (Wildman–Crippen LogP) is -11.5. The molecule has 11 amide bonds. The minimum Gasteiger partial charge on any atom is -0.756 e. The molecular formula is C85H134N12O41P-. The Hall–Kier alpha value is -8.81. The number of hydrogen-bond acceptors (Lipinski definition) is 41. The second-order valence-corrected chi connectivity index (χ2v) is 35.4. The average Bonchev–Trinajstić information content (AvgIpc) is 1.61. The summed E-state index contributed by atoms with van der Waals surface area (Å²) in [6.07, 6.45) is -24.4. The van der Waals surface area contributed by atoms with E-state index in [-0.39, 0.29) is 165 Å². The normalized spacial score (nSPS) is 28.0. The fourth-order valence-corrected chi connectivity index (χ4v) is 15.8. The van der Waals surface area contributed by atoms with Gasteiger partial charge in [0, 0.05) is 144 Å². The van der Waals surface area contributed by atoms with Gasteiger partial charge in [0.2, 0.25) is 41.4 Å². The van der Waals surface area contributed by atoms with Crippen molar-refractivity contribution in [1.82, 2.24) is 58.1 Å². The van der Waals surface area contributed by atoms with E-state index in [2.05, 4.69) is 58.5 Å². The van der Waals surface area contributed by atoms with Crippen LogP contribution in [0.15, 0.2) is 36.4 Å². The van der Waals surface area contributed by atoms with Gasteiger partial charge in [0.05, 0.1) is 132 Å². The first kappa shape index (κ1) is 117. The molecule has 786 valence electrons. The summed E-state index contributed by atoms with van der Waals surface area (Å²) in [5.41, 5.74) is -2.53. The summed E-state index contributed by atoms with van der Waals surface area (Å²) >= 11 is 0. The lowest BCUT2D eigenvalue weighted by molar-refractivity contribution is -0.284. The molecule has 0 bridgehead atoms. The van der Waals surface area contributed by atoms with Gasteiger partial charge < -0.3 is 201 Å². The number of aliphatic hydroxyl groups is 13. The van der Waals surface area contributed by atoms with E-state index in [1.165, 1.54) is 69.0 Å². The summed E-state index contributed by atoms with van der Waals surface area (Å²) in [5.74, 6) is -9.23. The minimum absolute atomic E-state index is 0.0316. The van der Waals surface area contributed by atoms with Gasteiger partial charge in [0.25, 0.3) is 31.5 Å². The molecule has 0 radical (unpaired) electrons. The second-order valence-electron chi connectivity index (χ2n) is 34.2. The Morgan fingerprint density at radius 2 is 0.827 bits per heavy atom. The van der Waals surface area contributed by atoms with Crippen LogP contribution in [0.5, 0.6) is 0 Å². The number of aliphatic hydroxyl groups excluding tert-OH is 13. The molecule has 5 aliphatic heterocycles. The van der Waals surface area contributed by atoms with Crippen molar-refractivity contribution >= 4 is 84.3 Å². The molecule has 54 heteroatoms. The van der Waals surface area contributed by atoms with Crippen molar-refractivity contribution in [2.24, 2.45) is 16.7 Å². The number of Topliss-reactive ketones (excluding diaryl/α,β-unsaturated/α-hetero) is 1. The zero-order valence-electron chi connectivity index (χ0n) is 77.9. The number of likely N-dealkylation sites (tertiary alicyclic amines) is 1. The summed E-state index contributed by atoms with van der Waals surface area (Å²) in [7, 11) is -5.26. The van der Waals surface area contributed by atoms with Crippen LogP contribution in [0.25, 0.3) is 0 Å². The molecule has 0 aliphatic carbocycles. The largest absolute Gasteiger partial charge is 0.756 e. The maximum Gasteiger partial charge on any atom is 0.265 e. The monoisotopic (exact) mass is 2010 g/mol. The van der Waals surface area contributed by atoms with Crippen molar-refractivity contribution in [2.75, 3.05) is 183 Å². The number of ketones is 1. The van der Waals surface area contributed by atoms with E-state index in [1.54, 1.807) is 13.8 Å². The Labute approximate surface area is 799 Å². The summed E-state index contributed by atoms with van der Waals surface area (Å²) in [6.45, 7) is 0.928. The number of phosphoric acid groups is 1. The number of carbonyl (C=O) groups excluding carboxylic acids is 12. The number of phosphoric ester groups is 1. The number of nitrogens with zero attached hydrogens (tertiary/aromatic N) is 1. The van der Waals surface area contributed by atoms with Gasteiger partial charge >= 0.3 is 0 Å². The Balaban J connectivity index is 1.01. The fourth-order valence-electron chi connectivity index (χ4n) is 15.4. The summed E-state index contributed by atoms with van der Waals surface area (Å²) in [5, 5.41) is 161. The first-order valence-corrected chi connectivity index (χ1v) is 46.6. The first-order chi connectivity index (χ1) is 66.0. The van der Waals surface area contributed by atoms with Crippen LogP contribution < -0.4 is 63.4 Å². The SMILES string of the molecule is CC(=O)N[C@H]1C(OCCOCCNC(=O)c2cc(CC(=O)CNC(=O)CCC(NC(=O)CCC(=O)N3C[C@](C)(COP(=O)([O-])O)[C@](C)(CO)C3)C(=O)NCCNc3cc(C(=O)NCCOCCOC4O[C@H](CO)[C@H](O)[C@H](O)[C@H]4NC(C)=O)cc(C(=O)NCCOCCOC4O[C@H](CO)[C@H](O)[C@H](O)[C@H]4NC(C)=O)c3)cc(C(=O)NCCOCCOC3O[C@H](CO)[C@H](O)[C@H](O)[C@H]3C)c2)O[C@H](CO)[C@H](O)[C@@H]1O. The maximum atomic E-state index is 14.3. The van der Waals surface area contributed by atoms with E-state index in [4.69, 9.17) is 61.4 Å². The summed E-state index contributed by atoms with van der Waals surface area (Å²) in [4.78, 5) is 183. The molecule has 139 heavy (non-hydrogen) atoms. The lowest BCUT2D eigenvalue weighted by Gasteiger charge is -2.42. The molecule has 2 aromatic carbocycles. The molecule has 5 fully saturated rings. The van der Waals surface area contributed by atoms with Gasteiger partial charge in [0.1, 0.15) is 91.3 Å². The number of benzene rings is 2. The van der Waals surface area contributed by atoms with Gasteiger partial charge in [-0.15, -0.1) is 0 Å². The van der Waals surface area contributed by atoms with Gasteiger partial charge in [0.15, 0.2) is 30.9 Å². The average molecular weight is 2010 g/mol. The maximum absolute atomic E-state index is 14.3. The van der Waals surface area contributed by atoms with Crippen molar-refractivity contribution < 1.29 is 200 Å². The molecule has 7 rings (SSSR count). The highest BCUT2D eigenvalue weighted by Crippen LogP contribution is 2.49. The number of hydrogen-bond donors (Lipinski definition) is 25. The highest BCUT2D eigenvalue weighted by atomic mass is 31.2. The van der Waals surface area contributed by atoms with Crippen molar-refractivity contribution in [3.63, 3.8) is 0 Å². The Morgan fingerprint density at radius 3 is 1.21 bits per heavy atom. The van der Waals surface area contributed by atoms with Gasteiger partial charge in [-0.2, -0.15) is 0 Å². The number of anilines is 1. The van der Waals surface area contributed by atoms with E-state index < -0.39 is 296 Å². The zero-order valence-corrected chi connectivity index (χ0v) is 78.8. The highest BCUT2D eigenvalue weighted by Gasteiger charge is 2.54. The molecule has 24 atom stereocenters. The Morgan fingerprint density at radius 1 is 0.453 bits per heavy atom. The molecule has 0 spiro atoms. The van der Waals surface area contributed by atoms with Crippen LogP contribution in [-0.4, -0.2) is 447 Å². The molecule has 6 unspecified atom stereocenters. The molecule has 53 nitrogen and oxygen atoms in total. The molecule has 5 saturated heterocycles. The lowest BCUT2D eigenvalue weighted by atomic mass is 9.69. The van der Waals surface area contributed by atoms with E-state index in [9.17, 15) is 138 Å². The van der Waals surface area contributed by atoms with Crippen molar-refractivity contribution in [3.8, 4) is 0 Å². The third-order valence-electron chi connectivity index (χ3n) is 23.4. The van der Waals surface area contributed by atoms with Gasteiger partial charge in [-0.05, 0) is 48.4 Å². The zero-order chi connectivity index (χ0) is 102. The molecule has 0 aromatic heterocycles. The first-order valence-electron chi connectivity index (χ1n) is 45.2. The molecule has 2 aromatic rings. The highest BCUT2D eigenvalue weighted by molar-refractivity contribution is 7.44. The van der Waals surface area contributed by atoms with Crippen LogP contribution in [-0.2, 0) is 111 Å². The standard InChI is InChI=1S/C85H135N12O41P/c1-45-67(110)68(111)57(37-98)135-80(45)130-25-21-126-17-13-88-75(118)50-29-49(30-51(32-50)76(119)89-14-18-127-22-26-131-81-64(93-46(2)103)72(115)69(112)58(38-99)136-81)31-55(106)36-92-61(107)8-7-56(96-62(108)9-10-63(109)97-41-84(5,43-102)85(6,42-97)44-134-139(123,124)125)79(122)87-12-11-86-54-34-52(77(120)90-15-19-128-23-27-132-82-65(94-47(3)104)73(116)70(113)59(39-100)137-82)33-53(35-54)78(121)91-16-20-129-24-28-133-83-66(95-48(4)105)74(117)71(114)60(40-101)138-83/h29-30,32-35,45,56-60,64-74,80-83,86,98-102,110-117H,7-28,31,36-44H2,1-6H3,(H,87,122)(H,88,118)(H,89,119)(H,90,120)(H,91,121)(H,92,107)(H,93,103)(H,94,104)(H,95,105)(H,96,108)(H2,123,124,125)/p-1/t45-,56?,57-,58-,59-,60-,64-,65-,66-,67-,68+,69+,70+,71+,72-,73-,74-,80?,81?,82?,83?,84+,85-/m1/s1. The third kappa shape index (κ3) is 36.8. The number of rotatable bonds is 59. The van der Waals surface area contributed by atoms with Gasteiger partial charge in [-0.1, -0.05) is 20.8 Å². The number of ether oxygens (including phenoxy) is 12. The smallest absolute Gasteiger partial charge is 0.265 e. The topological polar surface area (TPSA) is 784 Å². The van der Waals surface area contributed by atoms with Crippen molar-refractivity contribution in [3.05, 3.63) is 64.2 Å². The minimum atomic E-state index is -5.26. The van der Waals surface area contributed by atoms with Gasteiger partial charge in [-0.25, -0.2) is 0 Å². The van der Waals surface area contributed by atoms with Crippen LogP contribution in [0.2, 0.25) is 0 Å². The lowest BCUT2D eigenvalue weighted by Crippen LogP contribution is -2.64. The number of amides is 11. The predicted molar refractivity (Wildman–Crippen MR) is 472 cm³/mol.